The second-order valence-electron chi connectivity index (χ2n) is 8.65. The Hall–Kier alpha value is -2.80. The molecule has 5 nitrogen and oxygen atoms in total. The number of nitrogens with zero attached hydrogens (tertiary/aromatic N) is 2. The predicted octanol–water partition coefficient (Wildman–Crippen LogP) is 6.32. The molecule has 1 aliphatic rings. The lowest BCUT2D eigenvalue weighted by molar-refractivity contribution is 0.0385. The minimum absolute atomic E-state index is 0.0127. The zero-order valence-corrected chi connectivity index (χ0v) is 21.8. The molecule has 0 fully saturated rings. The van der Waals surface area contributed by atoms with Crippen molar-refractivity contribution >= 4 is 32.2 Å². The van der Waals surface area contributed by atoms with E-state index in [-0.39, 0.29) is 40.8 Å². The molecule has 0 aliphatic carbocycles. The summed E-state index contributed by atoms with van der Waals surface area (Å²) in [7, 11) is 1.94. The van der Waals surface area contributed by atoms with E-state index in [0.29, 0.717) is 17.1 Å². The van der Waals surface area contributed by atoms with Gasteiger partial charge in [-0.15, -0.1) is 0 Å². The fourth-order valence-corrected chi connectivity index (χ4v) is 3.81. The minimum Gasteiger partial charge on any atom is -0.489 e. The second-order valence-corrected chi connectivity index (χ2v) is 10.0. The van der Waals surface area contributed by atoms with Gasteiger partial charge in [0.05, 0.1) is 17.3 Å². The first-order valence-corrected chi connectivity index (χ1v) is 12.1. The number of hydrogen-bond acceptors (Lipinski definition) is 4. The van der Waals surface area contributed by atoms with E-state index in [4.69, 9.17) is 22.1 Å². The van der Waals surface area contributed by atoms with Crippen LogP contribution in [0.2, 0.25) is 5.02 Å². The van der Waals surface area contributed by atoms with Crippen LogP contribution in [0.1, 0.15) is 37.5 Å². The van der Waals surface area contributed by atoms with Gasteiger partial charge in [-0.25, -0.2) is 18.2 Å². The highest BCUT2D eigenvalue weighted by Gasteiger charge is 2.34. The van der Waals surface area contributed by atoms with Crippen molar-refractivity contribution in [1.29, 1.82) is 0 Å². The summed E-state index contributed by atoms with van der Waals surface area (Å²) in [4.78, 5) is 0. The highest BCUT2D eigenvalue weighted by atomic mass is 35.5. The van der Waals surface area contributed by atoms with E-state index in [2.05, 4.69) is 11.7 Å². The third-order valence-electron chi connectivity index (χ3n) is 5.56. The molecule has 3 unspecified atom stereocenters. The van der Waals surface area contributed by atoms with E-state index in [1.54, 1.807) is 18.4 Å². The molecule has 0 saturated carbocycles. The van der Waals surface area contributed by atoms with Gasteiger partial charge < -0.3 is 15.6 Å². The van der Waals surface area contributed by atoms with E-state index in [9.17, 15) is 9.50 Å². The highest BCUT2D eigenvalue weighted by molar-refractivity contribution is 7.18. The van der Waals surface area contributed by atoms with Crippen molar-refractivity contribution in [1.82, 2.24) is 5.01 Å². The number of hydrogen-bond donors (Lipinski definition) is 2. The smallest absolute Gasteiger partial charge is 0.174 e. The molecule has 0 aromatic heterocycles. The molecule has 3 N–H and O–H groups in total. The molecule has 1 aliphatic heterocycles. The molecule has 1 heterocycles. The topological polar surface area (TPSA) is 71.1 Å². The van der Waals surface area contributed by atoms with Crippen molar-refractivity contribution in [3.63, 3.8) is 0 Å². The van der Waals surface area contributed by atoms with Crippen molar-refractivity contribution in [3.8, 4) is 5.75 Å². The summed E-state index contributed by atoms with van der Waals surface area (Å²) in [6, 6.07) is 7.83. The van der Waals surface area contributed by atoms with E-state index >= 15 is 8.78 Å². The zero-order valence-electron chi connectivity index (χ0n) is 19.9. The number of hydrazone groups is 1. The van der Waals surface area contributed by atoms with Gasteiger partial charge >= 0.3 is 0 Å². The summed E-state index contributed by atoms with van der Waals surface area (Å²) in [5, 5.41) is 14.0. The molecule has 3 rings (SSSR count). The quantitative estimate of drug-likeness (QED) is 0.223. The third kappa shape index (κ3) is 6.49. The van der Waals surface area contributed by atoms with Gasteiger partial charge in [0.2, 0.25) is 0 Å². The maximum absolute atomic E-state index is 15.4. The monoisotopic (exact) mass is 537 g/mol. The largest absolute Gasteiger partial charge is 0.489 e. The van der Waals surface area contributed by atoms with Crippen LogP contribution in [0, 0.1) is 17.6 Å². The van der Waals surface area contributed by atoms with Crippen molar-refractivity contribution in [3.05, 3.63) is 94.8 Å². The Balaban J connectivity index is 1.73. The Morgan fingerprint density at radius 2 is 1.92 bits per heavy atom. The number of benzene rings is 2. The molecule has 3 atom stereocenters. The number of aliphatic hydroxyl groups is 1. The number of aliphatic hydroxyl groups excluding tert-OH is 1. The first kappa shape index (κ1) is 27.8. The van der Waals surface area contributed by atoms with Gasteiger partial charge in [0, 0.05) is 24.1 Å². The van der Waals surface area contributed by atoms with Gasteiger partial charge in [-0.2, -0.15) is 5.10 Å². The van der Waals surface area contributed by atoms with Crippen molar-refractivity contribution in [2.75, 3.05) is 6.61 Å². The van der Waals surface area contributed by atoms with E-state index < -0.39 is 23.1 Å². The molecule has 0 radical (unpaired) electrons. The van der Waals surface area contributed by atoms with Gasteiger partial charge in [-0.3, -0.25) is 0 Å². The predicted molar refractivity (Wildman–Crippen MR) is 141 cm³/mol. The highest BCUT2D eigenvalue weighted by Crippen LogP contribution is 2.40. The fraction of sp³-hybridized carbons (Fsp3) is 0.269. The molecule has 2 aromatic carbocycles. The lowest BCUT2D eigenvalue weighted by atomic mass is 10.0. The van der Waals surface area contributed by atoms with Gasteiger partial charge in [-0.05, 0) is 47.6 Å². The van der Waals surface area contributed by atoms with E-state index in [1.165, 1.54) is 29.3 Å². The standard InChI is InChI=1S/C26H28ClF3N3O2P/c1-15(2)25(31)32-33-12-10-18(14-16(33)3)20-8-9-21(27)23(22(20)29)35-13-11-26(30,36)24(34)17-4-6-19(28)7-5-17/h4-10,12,14-15,24,34H,3,11,13,36H2,1-2H3,(H2,31,32). The molecule has 0 bridgehead atoms. The molecule has 0 spiro atoms. The van der Waals surface area contributed by atoms with Crippen LogP contribution < -0.4 is 10.5 Å². The summed E-state index contributed by atoms with van der Waals surface area (Å²) in [6.07, 6.45) is 3.04. The van der Waals surface area contributed by atoms with Crippen LogP contribution in [0.15, 0.2) is 72.1 Å². The van der Waals surface area contributed by atoms with Gasteiger partial charge in [0.25, 0.3) is 0 Å². The molecule has 2 aromatic rings. The number of ether oxygens (including phenoxy) is 1. The molecular formula is C26H28ClF3N3O2P. The minimum atomic E-state index is -2.20. The summed E-state index contributed by atoms with van der Waals surface area (Å²) >= 11 is 6.16. The van der Waals surface area contributed by atoms with Crippen molar-refractivity contribution in [2.24, 2.45) is 16.8 Å². The number of rotatable bonds is 9. The van der Waals surface area contributed by atoms with Crippen LogP contribution in [0.3, 0.4) is 0 Å². The molecule has 0 saturated heterocycles. The Bertz CT molecular complexity index is 1210. The number of allylic oxidation sites excluding steroid dienone is 3. The maximum atomic E-state index is 15.4. The Morgan fingerprint density at radius 3 is 2.53 bits per heavy atom. The third-order valence-corrected chi connectivity index (χ3v) is 6.46. The van der Waals surface area contributed by atoms with E-state index in [1.807, 2.05) is 23.1 Å². The Labute approximate surface area is 216 Å². The fourth-order valence-electron chi connectivity index (χ4n) is 3.30. The summed E-state index contributed by atoms with van der Waals surface area (Å²) < 4.78 is 49.1. The Kier molecular flexibility index (Phi) is 8.88. The number of nitrogens with two attached hydrogens (primary N) is 1. The van der Waals surface area contributed by atoms with Crippen LogP contribution in [0.5, 0.6) is 5.75 Å². The zero-order chi connectivity index (χ0) is 26.6. The molecule has 10 heteroatoms. The van der Waals surface area contributed by atoms with Gasteiger partial charge in [0.1, 0.15) is 17.8 Å². The summed E-state index contributed by atoms with van der Waals surface area (Å²) in [6.45, 7) is 7.49. The average Bonchev–Trinajstić information content (AvgIpc) is 2.82. The molecule has 0 amide bonds. The van der Waals surface area contributed by atoms with Crippen LogP contribution in [-0.4, -0.2) is 28.0 Å². The van der Waals surface area contributed by atoms with Crippen LogP contribution in [0.4, 0.5) is 13.2 Å². The molecule has 36 heavy (non-hydrogen) atoms. The number of alkyl halides is 1. The van der Waals surface area contributed by atoms with Crippen LogP contribution in [0.25, 0.3) is 5.57 Å². The van der Waals surface area contributed by atoms with Gasteiger partial charge in [0.15, 0.2) is 17.0 Å². The molecular weight excluding hydrogens is 510 g/mol. The first-order valence-electron chi connectivity index (χ1n) is 11.1. The van der Waals surface area contributed by atoms with Crippen LogP contribution >= 0.6 is 20.8 Å². The first-order chi connectivity index (χ1) is 16.9. The molecule has 192 valence electrons. The SMILES string of the molecule is C=C1C=C(c2ccc(Cl)c(OCCC(F)(P)C(O)c3ccc(F)cc3)c2F)C=CN1/N=C(/N)C(C)C. The van der Waals surface area contributed by atoms with Crippen LogP contribution in [-0.2, 0) is 0 Å². The average molecular weight is 538 g/mol. The second kappa shape index (κ2) is 11.5. The lowest BCUT2D eigenvalue weighted by Gasteiger charge is -2.27. The number of halogens is 4. The normalized spacial score (nSPS) is 16.7. The van der Waals surface area contributed by atoms with Crippen molar-refractivity contribution in [2.45, 2.75) is 31.8 Å². The van der Waals surface area contributed by atoms with Crippen molar-refractivity contribution < 1.29 is 23.0 Å². The number of amidine groups is 1. The lowest BCUT2D eigenvalue weighted by Crippen LogP contribution is -2.27. The summed E-state index contributed by atoms with van der Waals surface area (Å²) in [5.41, 5.74) is 7.30. The Morgan fingerprint density at radius 1 is 1.25 bits per heavy atom. The maximum Gasteiger partial charge on any atom is 0.174 e. The summed E-state index contributed by atoms with van der Waals surface area (Å²) in [5.74, 6) is -0.994. The van der Waals surface area contributed by atoms with Gasteiger partial charge in [-0.1, -0.05) is 53.4 Å². The van der Waals surface area contributed by atoms with E-state index in [0.717, 1.165) is 12.1 Å².